The molecular formula is C17H29IN4O. The van der Waals surface area contributed by atoms with E-state index >= 15 is 0 Å². The van der Waals surface area contributed by atoms with Crippen molar-refractivity contribution in [1.82, 2.24) is 10.6 Å². The quantitative estimate of drug-likeness (QED) is 0.256. The van der Waals surface area contributed by atoms with Gasteiger partial charge in [-0.1, -0.05) is 32.0 Å². The summed E-state index contributed by atoms with van der Waals surface area (Å²) in [6.07, 6.45) is 2.28. The molecule has 130 valence electrons. The lowest BCUT2D eigenvalue weighted by Crippen LogP contribution is -2.38. The molecule has 1 aromatic carbocycles. The van der Waals surface area contributed by atoms with Crippen LogP contribution < -0.4 is 16.0 Å². The van der Waals surface area contributed by atoms with Gasteiger partial charge in [-0.05, 0) is 37.8 Å². The first kappa shape index (κ1) is 21.7. The second-order valence-corrected chi connectivity index (χ2v) is 5.57. The fourth-order valence-electron chi connectivity index (χ4n) is 1.93. The molecule has 0 bridgehead atoms. The number of anilines is 1. The highest BCUT2D eigenvalue weighted by atomic mass is 127. The van der Waals surface area contributed by atoms with Crippen molar-refractivity contribution in [3.8, 4) is 0 Å². The first-order valence-electron chi connectivity index (χ1n) is 7.99. The molecule has 23 heavy (non-hydrogen) atoms. The largest absolute Gasteiger partial charge is 0.357 e. The van der Waals surface area contributed by atoms with E-state index in [-0.39, 0.29) is 36.4 Å². The van der Waals surface area contributed by atoms with Crippen molar-refractivity contribution >= 4 is 41.5 Å². The predicted octanol–water partition coefficient (Wildman–Crippen LogP) is 3.23. The minimum absolute atomic E-state index is 0. The molecule has 0 spiro atoms. The van der Waals surface area contributed by atoms with Gasteiger partial charge in [-0.2, -0.15) is 0 Å². The van der Waals surface area contributed by atoms with E-state index in [4.69, 9.17) is 0 Å². The van der Waals surface area contributed by atoms with E-state index in [1.54, 1.807) is 0 Å². The van der Waals surface area contributed by atoms with Crippen molar-refractivity contribution in [3.05, 3.63) is 30.3 Å². The van der Waals surface area contributed by atoms with Gasteiger partial charge in [0.2, 0.25) is 5.91 Å². The Balaban J connectivity index is 0.00000484. The number of hydrogen-bond donors (Lipinski definition) is 3. The Labute approximate surface area is 156 Å². The molecule has 0 aliphatic carbocycles. The van der Waals surface area contributed by atoms with Crippen LogP contribution in [0.25, 0.3) is 0 Å². The molecule has 0 atom stereocenters. The van der Waals surface area contributed by atoms with Crippen LogP contribution in [0.4, 0.5) is 5.69 Å². The normalized spacial score (nSPS) is 10.9. The zero-order valence-electron chi connectivity index (χ0n) is 14.3. The molecule has 0 radical (unpaired) electrons. The first-order valence-corrected chi connectivity index (χ1v) is 7.99. The van der Waals surface area contributed by atoms with Gasteiger partial charge in [0, 0.05) is 18.8 Å². The molecule has 0 fully saturated rings. The Morgan fingerprint density at radius 2 is 1.87 bits per heavy atom. The third-order valence-corrected chi connectivity index (χ3v) is 3.03. The van der Waals surface area contributed by atoms with E-state index < -0.39 is 0 Å². The Morgan fingerprint density at radius 1 is 1.17 bits per heavy atom. The van der Waals surface area contributed by atoms with Crippen LogP contribution in [0.5, 0.6) is 0 Å². The number of rotatable bonds is 8. The van der Waals surface area contributed by atoms with Gasteiger partial charge in [-0.3, -0.25) is 4.79 Å². The summed E-state index contributed by atoms with van der Waals surface area (Å²) in [5.74, 6) is 1.28. The molecule has 0 aliphatic rings. The van der Waals surface area contributed by atoms with Gasteiger partial charge in [-0.15, -0.1) is 24.0 Å². The third kappa shape index (κ3) is 11.0. The highest BCUT2D eigenvalue weighted by Crippen LogP contribution is 2.04. The number of amides is 1. The van der Waals surface area contributed by atoms with Gasteiger partial charge in [0.1, 0.15) is 6.54 Å². The van der Waals surface area contributed by atoms with Crippen LogP contribution >= 0.6 is 24.0 Å². The minimum Gasteiger partial charge on any atom is -0.357 e. The molecule has 3 N–H and O–H groups in total. The minimum atomic E-state index is -0.120. The number of hydrogen-bond acceptors (Lipinski definition) is 2. The van der Waals surface area contributed by atoms with E-state index in [1.165, 1.54) is 6.42 Å². The summed E-state index contributed by atoms with van der Waals surface area (Å²) in [6.45, 7) is 8.19. The molecule has 0 aromatic heterocycles. The van der Waals surface area contributed by atoms with E-state index in [0.717, 1.165) is 25.2 Å². The Kier molecular flexibility index (Phi) is 12.4. The fraction of sp³-hybridized carbons (Fsp3) is 0.529. The summed E-state index contributed by atoms with van der Waals surface area (Å²) in [6, 6.07) is 9.41. The highest BCUT2D eigenvalue weighted by Gasteiger charge is 2.03. The maximum Gasteiger partial charge on any atom is 0.246 e. The zero-order chi connectivity index (χ0) is 16.2. The number of aliphatic imine (C=N–C) groups is 1. The Morgan fingerprint density at radius 3 is 2.48 bits per heavy atom. The van der Waals surface area contributed by atoms with Gasteiger partial charge < -0.3 is 16.0 Å². The van der Waals surface area contributed by atoms with Gasteiger partial charge in [0.05, 0.1) is 0 Å². The maximum atomic E-state index is 11.9. The molecule has 1 amide bonds. The van der Waals surface area contributed by atoms with Crippen LogP contribution in [-0.2, 0) is 4.79 Å². The number of carbonyl (C=O) groups is 1. The molecule has 1 rings (SSSR count). The van der Waals surface area contributed by atoms with Gasteiger partial charge in [-0.25, -0.2) is 4.99 Å². The molecule has 0 saturated carbocycles. The molecule has 0 unspecified atom stereocenters. The number of halogens is 1. The van der Waals surface area contributed by atoms with Crippen LogP contribution in [0.2, 0.25) is 0 Å². The average molecular weight is 432 g/mol. The highest BCUT2D eigenvalue weighted by molar-refractivity contribution is 14.0. The lowest BCUT2D eigenvalue weighted by atomic mass is 10.1. The number of guanidine groups is 1. The van der Waals surface area contributed by atoms with Crippen molar-refractivity contribution in [2.24, 2.45) is 10.9 Å². The maximum absolute atomic E-state index is 11.9. The van der Waals surface area contributed by atoms with Crippen LogP contribution in [0.1, 0.15) is 33.6 Å². The van der Waals surface area contributed by atoms with E-state index in [0.29, 0.717) is 11.9 Å². The summed E-state index contributed by atoms with van der Waals surface area (Å²) in [7, 11) is 0. The second-order valence-electron chi connectivity index (χ2n) is 5.57. The van der Waals surface area contributed by atoms with Crippen LogP contribution in [0.15, 0.2) is 35.3 Å². The number of nitrogens with one attached hydrogen (secondary N) is 3. The number of nitrogens with zero attached hydrogens (tertiary/aromatic N) is 1. The average Bonchev–Trinajstić information content (AvgIpc) is 2.49. The summed E-state index contributed by atoms with van der Waals surface area (Å²) in [4.78, 5) is 16.2. The lowest BCUT2D eigenvalue weighted by molar-refractivity contribution is -0.114. The van der Waals surface area contributed by atoms with Gasteiger partial charge in [0.15, 0.2) is 5.96 Å². The zero-order valence-corrected chi connectivity index (χ0v) is 16.6. The van der Waals surface area contributed by atoms with Crippen LogP contribution in [0, 0.1) is 5.92 Å². The molecule has 5 nitrogen and oxygen atoms in total. The second kappa shape index (κ2) is 13.2. The number of benzene rings is 1. The van der Waals surface area contributed by atoms with Crippen LogP contribution in [0.3, 0.4) is 0 Å². The molecule has 0 aliphatic heterocycles. The predicted molar refractivity (Wildman–Crippen MR) is 109 cm³/mol. The first-order chi connectivity index (χ1) is 10.6. The van der Waals surface area contributed by atoms with Crippen LogP contribution in [-0.4, -0.2) is 31.5 Å². The SMILES string of the molecule is CCNC(=NCC(=O)Nc1ccccc1)NCCCC(C)C.I. The topological polar surface area (TPSA) is 65.5 Å². The summed E-state index contributed by atoms with van der Waals surface area (Å²) in [5.41, 5.74) is 0.789. The summed E-state index contributed by atoms with van der Waals surface area (Å²) >= 11 is 0. The molecule has 0 heterocycles. The third-order valence-electron chi connectivity index (χ3n) is 3.03. The molecule has 0 saturated heterocycles. The van der Waals surface area contributed by atoms with Crippen molar-refractivity contribution in [2.75, 3.05) is 25.0 Å². The fourth-order valence-corrected chi connectivity index (χ4v) is 1.93. The molecular weight excluding hydrogens is 403 g/mol. The molecule has 1 aromatic rings. The molecule has 6 heteroatoms. The summed E-state index contributed by atoms with van der Waals surface area (Å²) < 4.78 is 0. The monoisotopic (exact) mass is 432 g/mol. The van der Waals surface area contributed by atoms with Gasteiger partial charge in [0.25, 0.3) is 0 Å². The smallest absolute Gasteiger partial charge is 0.246 e. The van der Waals surface area contributed by atoms with Crippen molar-refractivity contribution in [2.45, 2.75) is 33.6 Å². The van der Waals surface area contributed by atoms with E-state index in [9.17, 15) is 4.79 Å². The standard InChI is InChI=1S/C17H28N4O.HI/c1-4-18-17(19-12-8-9-14(2)3)20-13-16(22)21-15-10-6-5-7-11-15;/h5-7,10-11,14H,4,8-9,12-13H2,1-3H3,(H,21,22)(H2,18,19,20);1H. The number of carbonyl (C=O) groups excluding carboxylic acids is 1. The van der Waals surface area contributed by atoms with Gasteiger partial charge >= 0.3 is 0 Å². The number of para-hydroxylation sites is 1. The lowest BCUT2D eigenvalue weighted by Gasteiger charge is -2.12. The van der Waals surface area contributed by atoms with Crippen molar-refractivity contribution < 1.29 is 4.79 Å². The van der Waals surface area contributed by atoms with E-state index in [2.05, 4.69) is 34.8 Å². The van der Waals surface area contributed by atoms with E-state index in [1.807, 2.05) is 37.3 Å². The Hall–Kier alpha value is -1.31. The van der Waals surface area contributed by atoms with Crippen molar-refractivity contribution in [1.29, 1.82) is 0 Å². The summed E-state index contributed by atoms with van der Waals surface area (Å²) in [5, 5.41) is 9.22. The Bertz CT molecular complexity index is 463. The van der Waals surface area contributed by atoms with Crippen molar-refractivity contribution in [3.63, 3.8) is 0 Å².